The lowest BCUT2D eigenvalue weighted by Crippen LogP contribution is -2.31. The molecule has 0 saturated heterocycles. The van der Waals surface area contributed by atoms with Crippen molar-refractivity contribution in [3.05, 3.63) is 47.8 Å². The summed E-state index contributed by atoms with van der Waals surface area (Å²) in [6.07, 6.45) is 7.68. The number of aliphatic hydroxyl groups is 1. The van der Waals surface area contributed by atoms with Gasteiger partial charge in [-0.05, 0) is 37.3 Å². The summed E-state index contributed by atoms with van der Waals surface area (Å²) in [5, 5.41) is 14.9. The molecule has 1 atom stereocenters. The van der Waals surface area contributed by atoms with Crippen LogP contribution in [-0.4, -0.2) is 46.6 Å². The van der Waals surface area contributed by atoms with E-state index in [2.05, 4.69) is 15.1 Å². The molecule has 5 rings (SSSR count). The summed E-state index contributed by atoms with van der Waals surface area (Å²) < 4.78 is 3.68. The second-order valence-corrected chi connectivity index (χ2v) is 7.10. The highest BCUT2D eigenvalue weighted by atomic mass is 16.3. The molecule has 8 heteroatoms. The number of carbonyl (C=O) groups is 1. The van der Waals surface area contributed by atoms with Gasteiger partial charge in [-0.25, -0.2) is 9.97 Å². The van der Waals surface area contributed by atoms with Crippen LogP contribution in [0.2, 0.25) is 0 Å². The fourth-order valence-corrected chi connectivity index (χ4v) is 3.55. The summed E-state index contributed by atoms with van der Waals surface area (Å²) in [4.78, 5) is 23.2. The van der Waals surface area contributed by atoms with Crippen LogP contribution in [0.1, 0.15) is 47.2 Å². The summed E-state index contributed by atoms with van der Waals surface area (Å²) in [6.45, 7) is 1.89. The minimum atomic E-state index is -0.483. The molecule has 0 unspecified atom stereocenters. The first kappa shape index (κ1) is 15.5. The van der Waals surface area contributed by atoms with Gasteiger partial charge in [-0.2, -0.15) is 5.10 Å². The summed E-state index contributed by atoms with van der Waals surface area (Å²) in [5.41, 5.74) is 2.09. The van der Waals surface area contributed by atoms with Crippen molar-refractivity contribution in [3.8, 4) is 0 Å². The molecule has 1 amide bonds. The lowest BCUT2D eigenvalue weighted by Gasteiger charge is -2.18. The fraction of sp³-hybridized carbons (Fsp3) is 0.444. The van der Waals surface area contributed by atoms with E-state index in [4.69, 9.17) is 0 Å². The number of amides is 1. The van der Waals surface area contributed by atoms with Gasteiger partial charge in [0.05, 0.1) is 17.9 Å². The molecule has 0 radical (unpaired) electrons. The van der Waals surface area contributed by atoms with Gasteiger partial charge in [0, 0.05) is 31.7 Å². The molecule has 1 saturated carbocycles. The van der Waals surface area contributed by atoms with E-state index < -0.39 is 6.10 Å². The smallest absolute Gasteiger partial charge is 0.274 e. The van der Waals surface area contributed by atoms with Crippen LogP contribution < -0.4 is 0 Å². The first-order valence-electron chi connectivity index (χ1n) is 9.03. The number of carbonyl (C=O) groups excluding carboxylic acids is 1. The molecule has 2 aliphatic rings. The van der Waals surface area contributed by atoms with Gasteiger partial charge in [-0.15, -0.1) is 0 Å². The Bertz CT molecular complexity index is 940. The molecule has 26 heavy (non-hydrogen) atoms. The molecule has 1 N–H and O–H groups in total. The van der Waals surface area contributed by atoms with Crippen LogP contribution in [0.4, 0.5) is 0 Å². The number of rotatable bonds is 3. The first-order chi connectivity index (χ1) is 12.7. The van der Waals surface area contributed by atoms with Crippen LogP contribution in [0.15, 0.2) is 30.7 Å². The van der Waals surface area contributed by atoms with Crippen LogP contribution in [0.25, 0.3) is 5.78 Å². The van der Waals surface area contributed by atoms with Crippen LogP contribution in [0.5, 0.6) is 0 Å². The highest BCUT2D eigenvalue weighted by Gasteiger charge is 2.33. The quantitative estimate of drug-likeness (QED) is 0.770. The van der Waals surface area contributed by atoms with Crippen molar-refractivity contribution in [1.82, 2.24) is 29.0 Å². The maximum absolute atomic E-state index is 12.9. The van der Waals surface area contributed by atoms with Gasteiger partial charge in [0.2, 0.25) is 5.78 Å². The van der Waals surface area contributed by atoms with Gasteiger partial charge < -0.3 is 10.0 Å². The first-order valence-corrected chi connectivity index (χ1v) is 9.03. The molecular formula is C18H20N6O2. The Morgan fingerprint density at radius 3 is 3.00 bits per heavy atom. The minimum Gasteiger partial charge on any atom is -0.386 e. The van der Waals surface area contributed by atoms with Gasteiger partial charge in [0.25, 0.3) is 5.91 Å². The van der Waals surface area contributed by atoms with Crippen molar-refractivity contribution < 1.29 is 9.90 Å². The van der Waals surface area contributed by atoms with Crippen LogP contribution in [0.3, 0.4) is 0 Å². The van der Waals surface area contributed by atoms with Gasteiger partial charge in [0.1, 0.15) is 11.8 Å². The number of hydrogen-bond donors (Lipinski definition) is 1. The van der Waals surface area contributed by atoms with Crippen LogP contribution in [0, 0.1) is 5.92 Å². The Morgan fingerprint density at radius 2 is 2.19 bits per heavy atom. The number of aryl methyl sites for hydroxylation is 1. The Kier molecular flexibility index (Phi) is 3.53. The van der Waals surface area contributed by atoms with E-state index in [0.29, 0.717) is 30.5 Å². The average Bonchev–Trinajstić information content (AvgIpc) is 3.34. The van der Waals surface area contributed by atoms with Crippen molar-refractivity contribution in [2.45, 2.75) is 38.5 Å². The zero-order valence-electron chi connectivity index (χ0n) is 14.3. The zero-order chi connectivity index (χ0) is 17.7. The molecule has 3 aromatic heterocycles. The summed E-state index contributed by atoms with van der Waals surface area (Å²) in [6, 6.07) is 3.75. The maximum Gasteiger partial charge on any atom is 0.274 e. The zero-order valence-corrected chi connectivity index (χ0v) is 14.3. The Balaban J connectivity index is 1.40. The lowest BCUT2D eigenvalue weighted by atomic mass is 10.1. The monoisotopic (exact) mass is 352 g/mol. The number of nitrogens with zero attached hydrogens (tertiary/aromatic N) is 6. The van der Waals surface area contributed by atoms with Gasteiger partial charge in [-0.3, -0.25) is 13.9 Å². The number of aromatic nitrogens is 5. The number of aliphatic hydroxyl groups excluding tert-OH is 1. The SMILES string of the molecule is O=C(c1cn2cccnc2n1)N1CCCn2nc([C@H](O)C3CC3)cc2C1. The summed E-state index contributed by atoms with van der Waals surface area (Å²) >= 11 is 0. The van der Waals surface area contributed by atoms with E-state index in [1.54, 1.807) is 27.8 Å². The molecule has 3 aromatic rings. The molecule has 0 aromatic carbocycles. The summed E-state index contributed by atoms with van der Waals surface area (Å²) in [5.74, 6) is 0.761. The van der Waals surface area contributed by atoms with Gasteiger partial charge in [0.15, 0.2) is 0 Å². The van der Waals surface area contributed by atoms with Crippen molar-refractivity contribution in [1.29, 1.82) is 0 Å². The van der Waals surface area contributed by atoms with E-state index in [1.165, 1.54) is 0 Å². The van der Waals surface area contributed by atoms with Crippen molar-refractivity contribution >= 4 is 11.7 Å². The van der Waals surface area contributed by atoms with Crippen molar-refractivity contribution in [3.63, 3.8) is 0 Å². The van der Waals surface area contributed by atoms with E-state index in [-0.39, 0.29) is 5.91 Å². The van der Waals surface area contributed by atoms with Crippen molar-refractivity contribution in [2.75, 3.05) is 6.54 Å². The molecule has 0 bridgehead atoms. The van der Waals surface area contributed by atoms with Crippen LogP contribution >= 0.6 is 0 Å². The largest absolute Gasteiger partial charge is 0.386 e. The second kappa shape index (κ2) is 5.91. The van der Waals surface area contributed by atoms with Crippen LogP contribution in [-0.2, 0) is 13.1 Å². The third-order valence-electron chi connectivity index (χ3n) is 5.15. The molecule has 0 spiro atoms. The fourth-order valence-electron chi connectivity index (χ4n) is 3.55. The topological polar surface area (TPSA) is 88.6 Å². The maximum atomic E-state index is 12.9. The predicted octanol–water partition coefficient (Wildman–Crippen LogP) is 1.42. The Hall–Kier alpha value is -2.74. The summed E-state index contributed by atoms with van der Waals surface area (Å²) in [7, 11) is 0. The molecule has 134 valence electrons. The normalized spacial score (nSPS) is 18.6. The highest BCUT2D eigenvalue weighted by molar-refractivity contribution is 5.92. The number of hydrogen-bond acceptors (Lipinski definition) is 5. The molecule has 4 heterocycles. The second-order valence-electron chi connectivity index (χ2n) is 7.10. The molecule has 1 aliphatic heterocycles. The Morgan fingerprint density at radius 1 is 1.31 bits per heavy atom. The highest BCUT2D eigenvalue weighted by Crippen LogP contribution is 2.40. The number of fused-ring (bicyclic) bond motifs is 2. The Labute approximate surface area is 150 Å². The lowest BCUT2D eigenvalue weighted by molar-refractivity contribution is 0.0740. The molecule has 8 nitrogen and oxygen atoms in total. The van der Waals surface area contributed by atoms with Gasteiger partial charge in [-0.1, -0.05) is 0 Å². The minimum absolute atomic E-state index is 0.102. The standard InChI is InChI=1S/C18H20N6O2/c25-16(12-3-4-12)14-9-13-10-22(7-2-8-24(13)21-14)17(26)15-11-23-6-1-5-19-18(23)20-15/h1,5-6,9,11-12,16,25H,2-4,7-8,10H2/t16-/m1/s1. The molecule has 1 fully saturated rings. The van der Waals surface area contributed by atoms with E-state index in [9.17, 15) is 9.90 Å². The third-order valence-corrected chi connectivity index (χ3v) is 5.15. The molecule has 1 aliphatic carbocycles. The average molecular weight is 352 g/mol. The molecular weight excluding hydrogens is 332 g/mol. The van der Waals surface area contributed by atoms with E-state index in [1.807, 2.05) is 16.9 Å². The predicted molar refractivity (Wildman–Crippen MR) is 92.3 cm³/mol. The van der Waals surface area contributed by atoms with Gasteiger partial charge >= 0.3 is 0 Å². The van der Waals surface area contributed by atoms with E-state index in [0.717, 1.165) is 37.2 Å². The third kappa shape index (κ3) is 2.66. The van der Waals surface area contributed by atoms with Crippen molar-refractivity contribution in [2.24, 2.45) is 5.92 Å². The number of imidazole rings is 1. The van der Waals surface area contributed by atoms with E-state index >= 15 is 0 Å².